The predicted octanol–water partition coefficient (Wildman–Crippen LogP) is 4.78. The van der Waals surface area contributed by atoms with E-state index in [0.29, 0.717) is 24.8 Å². The monoisotopic (exact) mass is 469 g/mol. The molecule has 1 N–H and O–H groups in total. The van der Waals surface area contributed by atoms with Gasteiger partial charge in [0.1, 0.15) is 18.1 Å². The van der Waals surface area contributed by atoms with Crippen molar-refractivity contribution in [1.82, 2.24) is 15.5 Å². The number of ether oxygens (including phenoxy) is 3. The number of benzene rings is 3. The van der Waals surface area contributed by atoms with Crippen LogP contribution >= 0.6 is 0 Å². The van der Waals surface area contributed by atoms with Crippen LogP contribution in [0.3, 0.4) is 0 Å². The van der Waals surface area contributed by atoms with Gasteiger partial charge < -0.3 is 19.5 Å². The third-order valence-corrected chi connectivity index (χ3v) is 5.11. The molecule has 4 aromatic rings. The van der Waals surface area contributed by atoms with Crippen molar-refractivity contribution in [3.05, 3.63) is 91.0 Å². The summed E-state index contributed by atoms with van der Waals surface area (Å²) in [4.78, 5) is 12.2. The maximum absolute atomic E-state index is 12.2. The first-order valence-electron chi connectivity index (χ1n) is 11.5. The van der Waals surface area contributed by atoms with E-state index in [1.807, 2.05) is 91.9 Å². The first kappa shape index (κ1) is 23.8. The molecule has 0 aliphatic rings. The summed E-state index contributed by atoms with van der Waals surface area (Å²) in [7, 11) is 0. The Labute approximate surface area is 204 Å². The van der Waals surface area contributed by atoms with E-state index in [9.17, 15) is 4.79 Å². The molecule has 0 bridgehead atoms. The van der Waals surface area contributed by atoms with Crippen molar-refractivity contribution in [1.29, 1.82) is 0 Å². The molecule has 0 radical (unpaired) electrons. The molecule has 0 aliphatic carbocycles. The fourth-order valence-corrected chi connectivity index (χ4v) is 3.43. The minimum absolute atomic E-state index is 0.0829. The van der Waals surface area contributed by atoms with E-state index in [1.54, 1.807) is 6.07 Å². The normalized spacial score (nSPS) is 10.4. The van der Waals surface area contributed by atoms with Crippen LogP contribution in [-0.4, -0.2) is 42.5 Å². The maximum Gasteiger partial charge on any atom is 0.258 e. The van der Waals surface area contributed by atoms with Crippen molar-refractivity contribution in [3.8, 4) is 39.8 Å². The van der Waals surface area contributed by atoms with Gasteiger partial charge in [0, 0.05) is 17.2 Å². The Kier molecular flexibility index (Phi) is 8.27. The fourth-order valence-electron chi connectivity index (χ4n) is 3.43. The average molecular weight is 470 g/mol. The molecular weight excluding hydrogens is 442 g/mol. The molecule has 0 spiro atoms. The van der Waals surface area contributed by atoms with Gasteiger partial charge in [0.05, 0.1) is 18.8 Å². The van der Waals surface area contributed by atoms with Gasteiger partial charge in [-0.3, -0.25) is 4.79 Å². The quantitative estimate of drug-likeness (QED) is 0.318. The number of aromatic nitrogens is 2. The van der Waals surface area contributed by atoms with Crippen LogP contribution in [0, 0.1) is 0 Å². The van der Waals surface area contributed by atoms with Gasteiger partial charge in [-0.25, -0.2) is 0 Å². The highest BCUT2D eigenvalue weighted by Crippen LogP contribution is 2.29. The second kappa shape index (κ2) is 12.2. The van der Waals surface area contributed by atoms with E-state index in [1.165, 1.54) is 0 Å². The van der Waals surface area contributed by atoms with E-state index in [2.05, 4.69) is 15.5 Å². The molecule has 0 fully saturated rings. The topological polar surface area (TPSA) is 82.6 Å². The highest BCUT2D eigenvalue weighted by molar-refractivity contribution is 5.78. The first-order chi connectivity index (χ1) is 17.2. The molecule has 1 amide bonds. The Morgan fingerprint density at radius 1 is 0.771 bits per heavy atom. The van der Waals surface area contributed by atoms with Gasteiger partial charge in [-0.1, -0.05) is 48.5 Å². The average Bonchev–Trinajstić information content (AvgIpc) is 2.92. The molecule has 0 saturated carbocycles. The Morgan fingerprint density at radius 2 is 1.54 bits per heavy atom. The lowest BCUT2D eigenvalue weighted by atomic mass is 10.1. The Bertz CT molecular complexity index is 1210. The number of para-hydroxylation sites is 1. The van der Waals surface area contributed by atoms with Crippen LogP contribution in [0.2, 0.25) is 0 Å². The van der Waals surface area contributed by atoms with Gasteiger partial charge in [0.15, 0.2) is 6.61 Å². The molecule has 1 aromatic heterocycles. The zero-order chi connectivity index (χ0) is 24.3. The molecular formula is C28H27N3O4. The van der Waals surface area contributed by atoms with Crippen molar-refractivity contribution in [2.24, 2.45) is 0 Å². The molecule has 35 heavy (non-hydrogen) atoms. The van der Waals surface area contributed by atoms with Crippen LogP contribution in [0.4, 0.5) is 0 Å². The van der Waals surface area contributed by atoms with Gasteiger partial charge >= 0.3 is 0 Å². The van der Waals surface area contributed by atoms with Gasteiger partial charge in [-0.15, -0.1) is 10.2 Å². The second-order valence-electron chi connectivity index (χ2n) is 7.56. The minimum Gasteiger partial charge on any atom is -0.494 e. The van der Waals surface area contributed by atoms with E-state index < -0.39 is 0 Å². The van der Waals surface area contributed by atoms with Crippen LogP contribution in [0.5, 0.6) is 17.4 Å². The van der Waals surface area contributed by atoms with Crippen molar-refractivity contribution in [2.75, 3.05) is 26.4 Å². The highest BCUT2D eigenvalue weighted by atomic mass is 16.5. The minimum atomic E-state index is -0.228. The number of nitrogens with one attached hydrogen (secondary N) is 1. The summed E-state index contributed by atoms with van der Waals surface area (Å²) in [6.45, 7) is 3.08. The third kappa shape index (κ3) is 6.80. The van der Waals surface area contributed by atoms with Crippen molar-refractivity contribution < 1.29 is 19.0 Å². The van der Waals surface area contributed by atoms with Crippen LogP contribution in [0.15, 0.2) is 91.0 Å². The molecule has 0 aliphatic heterocycles. The fraction of sp³-hybridized carbons (Fsp3) is 0.179. The summed E-state index contributed by atoms with van der Waals surface area (Å²) in [5.74, 6) is 1.64. The third-order valence-electron chi connectivity index (χ3n) is 5.11. The van der Waals surface area contributed by atoms with Gasteiger partial charge in [-0.2, -0.15) is 0 Å². The number of hydrogen-bond acceptors (Lipinski definition) is 6. The molecule has 4 rings (SSSR count). The SMILES string of the molecule is CCOc1ccc(-c2ccc(OCCNC(=O)COc3ccccc3-c3ccccc3)nn2)cc1. The number of carbonyl (C=O) groups is 1. The standard InChI is InChI=1S/C28H27N3O4/c1-2-33-23-14-12-22(13-15-23)25-16-17-28(31-30-25)34-19-18-29-27(32)20-35-26-11-7-6-10-24(26)21-8-4-3-5-9-21/h3-17H,2,18-20H2,1H3,(H,29,32). The summed E-state index contributed by atoms with van der Waals surface area (Å²) in [5, 5.41) is 11.1. The van der Waals surface area contributed by atoms with Gasteiger partial charge in [0.2, 0.25) is 5.88 Å². The first-order valence-corrected chi connectivity index (χ1v) is 11.5. The molecule has 0 saturated heterocycles. The Balaban J connectivity index is 1.20. The Hall–Kier alpha value is -4.39. The van der Waals surface area contributed by atoms with Crippen LogP contribution in [0.1, 0.15) is 6.92 Å². The van der Waals surface area contributed by atoms with E-state index >= 15 is 0 Å². The Morgan fingerprint density at radius 3 is 2.29 bits per heavy atom. The smallest absolute Gasteiger partial charge is 0.258 e. The van der Waals surface area contributed by atoms with Crippen LogP contribution in [-0.2, 0) is 4.79 Å². The lowest BCUT2D eigenvalue weighted by molar-refractivity contribution is -0.123. The number of amides is 1. The molecule has 7 nitrogen and oxygen atoms in total. The summed E-state index contributed by atoms with van der Waals surface area (Å²) in [6, 6.07) is 28.8. The van der Waals surface area contributed by atoms with Gasteiger partial charge in [-0.05, 0) is 48.9 Å². The number of rotatable bonds is 11. The lowest BCUT2D eigenvalue weighted by Gasteiger charge is -2.12. The van der Waals surface area contributed by atoms with E-state index in [4.69, 9.17) is 14.2 Å². The van der Waals surface area contributed by atoms with Crippen molar-refractivity contribution in [2.45, 2.75) is 6.92 Å². The van der Waals surface area contributed by atoms with Crippen molar-refractivity contribution >= 4 is 5.91 Å². The number of nitrogens with zero attached hydrogens (tertiary/aromatic N) is 2. The summed E-state index contributed by atoms with van der Waals surface area (Å²) >= 11 is 0. The number of hydrogen-bond donors (Lipinski definition) is 1. The highest BCUT2D eigenvalue weighted by Gasteiger charge is 2.08. The molecule has 1 heterocycles. The predicted molar refractivity (Wildman–Crippen MR) is 135 cm³/mol. The van der Waals surface area contributed by atoms with Crippen molar-refractivity contribution in [3.63, 3.8) is 0 Å². The summed E-state index contributed by atoms with van der Waals surface area (Å²) in [6.07, 6.45) is 0. The summed E-state index contributed by atoms with van der Waals surface area (Å²) < 4.78 is 16.8. The molecule has 0 unspecified atom stereocenters. The second-order valence-corrected chi connectivity index (χ2v) is 7.56. The molecule has 0 atom stereocenters. The van der Waals surface area contributed by atoms with E-state index in [0.717, 1.165) is 28.1 Å². The number of carbonyl (C=O) groups excluding carboxylic acids is 1. The van der Waals surface area contributed by atoms with Gasteiger partial charge in [0.25, 0.3) is 5.91 Å². The molecule has 178 valence electrons. The molecule has 3 aromatic carbocycles. The lowest BCUT2D eigenvalue weighted by Crippen LogP contribution is -2.32. The summed E-state index contributed by atoms with van der Waals surface area (Å²) in [5.41, 5.74) is 3.65. The van der Waals surface area contributed by atoms with E-state index in [-0.39, 0.29) is 19.1 Å². The largest absolute Gasteiger partial charge is 0.494 e. The van der Waals surface area contributed by atoms with Crippen LogP contribution < -0.4 is 19.5 Å². The van der Waals surface area contributed by atoms with Crippen LogP contribution in [0.25, 0.3) is 22.4 Å². The zero-order valence-electron chi connectivity index (χ0n) is 19.5. The molecule has 7 heteroatoms. The maximum atomic E-state index is 12.2. The zero-order valence-corrected chi connectivity index (χ0v) is 19.5.